The predicted octanol–water partition coefficient (Wildman–Crippen LogP) is 2.29. The number of carbonyl (C=O) groups excluding carboxylic acids is 1. The molecule has 0 fully saturated rings. The van der Waals surface area contributed by atoms with Crippen LogP contribution >= 0.6 is 0 Å². The zero-order valence-electron chi connectivity index (χ0n) is 15.1. The monoisotopic (exact) mass is 340 g/mol. The van der Waals surface area contributed by atoms with Gasteiger partial charge in [-0.2, -0.15) is 5.10 Å². The van der Waals surface area contributed by atoms with Crippen molar-refractivity contribution in [1.82, 2.24) is 4.68 Å². The van der Waals surface area contributed by atoms with E-state index in [0.717, 1.165) is 24.3 Å². The predicted molar refractivity (Wildman–Crippen MR) is 102 cm³/mol. The van der Waals surface area contributed by atoms with Crippen LogP contribution in [-0.4, -0.2) is 29.9 Å². The van der Waals surface area contributed by atoms with Crippen molar-refractivity contribution in [3.8, 4) is 0 Å². The minimum atomic E-state index is -0.741. The molecule has 0 saturated carbocycles. The Morgan fingerprint density at radius 1 is 1.20 bits per heavy atom. The summed E-state index contributed by atoms with van der Waals surface area (Å²) in [6, 6.07) is 9.66. The second kappa shape index (κ2) is 7.79. The summed E-state index contributed by atoms with van der Waals surface area (Å²) in [5, 5.41) is 4.23. The zero-order chi connectivity index (χ0) is 18.6. The molecule has 1 heterocycles. The Labute approximate surface area is 147 Å². The first kappa shape index (κ1) is 18.4. The standard InChI is InChI=1S/C19H24N4O2/c1-5-22(6-2)16-9-7-15(8-10-16)12-21-23-14(4)11-13(3)17(18(20)24)19(23)25/h7-12H,5-6H2,1-4H3,(H2,20,24)/b21-12-. The molecule has 0 aliphatic carbocycles. The molecule has 0 bridgehead atoms. The molecule has 1 amide bonds. The molecule has 2 aromatic rings. The van der Waals surface area contributed by atoms with Gasteiger partial charge in [-0.3, -0.25) is 9.59 Å². The fourth-order valence-electron chi connectivity index (χ4n) is 2.81. The second-order valence-electron chi connectivity index (χ2n) is 5.83. The molecule has 2 rings (SSSR count). The summed E-state index contributed by atoms with van der Waals surface area (Å²) in [5.74, 6) is -0.741. The van der Waals surface area contributed by atoms with Gasteiger partial charge in [0.25, 0.3) is 11.5 Å². The Hall–Kier alpha value is -2.89. The number of carbonyl (C=O) groups is 1. The maximum atomic E-state index is 12.4. The van der Waals surface area contributed by atoms with E-state index >= 15 is 0 Å². The third-order valence-corrected chi connectivity index (χ3v) is 4.15. The highest BCUT2D eigenvalue weighted by atomic mass is 16.2. The smallest absolute Gasteiger partial charge is 0.284 e. The minimum absolute atomic E-state index is 0.0281. The highest BCUT2D eigenvalue weighted by Gasteiger charge is 2.14. The van der Waals surface area contributed by atoms with Crippen molar-refractivity contribution in [2.24, 2.45) is 10.8 Å². The first-order valence-electron chi connectivity index (χ1n) is 8.31. The molecular weight excluding hydrogens is 316 g/mol. The molecule has 0 aliphatic heterocycles. The van der Waals surface area contributed by atoms with Crippen molar-refractivity contribution in [2.45, 2.75) is 27.7 Å². The van der Waals surface area contributed by atoms with E-state index in [2.05, 4.69) is 23.8 Å². The third-order valence-electron chi connectivity index (χ3n) is 4.15. The van der Waals surface area contributed by atoms with Gasteiger partial charge in [-0.25, -0.2) is 4.68 Å². The number of anilines is 1. The quantitative estimate of drug-likeness (QED) is 0.819. The molecule has 0 spiro atoms. The lowest BCUT2D eigenvalue weighted by Gasteiger charge is -2.20. The van der Waals surface area contributed by atoms with Crippen molar-refractivity contribution in [2.75, 3.05) is 18.0 Å². The summed E-state index contributed by atoms with van der Waals surface area (Å²) in [6.07, 6.45) is 1.60. The van der Waals surface area contributed by atoms with E-state index in [1.807, 2.05) is 24.3 Å². The van der Waals surface area contributed by atoms with Crippen LogP contribution in [0.2, 0.25) is 0 Å². The fourth-order valence-corrected chi connectivity index (χ4v) is 2.81. The van der Waals surface area contributed by atoms with E-state index in [-0.39, 0.29) is 5.56 Å². The van der Waals surface area contributed by atoms with Gasteiger partial charge in [-0.05, 0) is 57.0 Å². The lowest BCUT2D eigenvalue weighted by molar-refractivity contribution is 0.0997. The molecule has 6 heteroatoms. The van der Waals surface area contributed by atoms with Gasteiger partial charge in [0.2, 0.25) is 0 Å². The normalized spacial score (nSPS) is 11.0. The lowest BCUT2D eigenvalue weighted by Crippen LogP contribution is -2.30. The number of hydrogen-bond donors (Lipinski definition) is 1. The Morgan fingerprint density at radius 3 is 2.32 bits per heavy atom. The van der Waals surface area contributed by atoms with Crippen molar-refractivity contribution >= 4 is 17.8 Å². The van der Waals surface area contributed by atoms with Crippen LogP contribution in [0.3, 0.4) is 0 Å². The van der Waals surface area contributed by atoms with Gasteiger partial charge in [0, 0.05) is 24.5 Å². The number of primary amides is 1. The van der Waals surface area contributed by atoms with E-state index in [1.165, 1.54) is 4.68 Å². The first-order chi connectivity index (χ1) is 11.9. The number of pyridine rings is 1. The van der Waals surface area contributed by atoms with Crippen LogP contribution < -0.4 is 16.2 Å². The lowest BCUT2D eigenvalue weighted by atomic mass is 10.1. The summed E-state index contributed by atoms with van der Waals surface area (Å²) in [7, 11) is 0. The van der Waals surface area contributed by atoms with Gasteiger partial charge >= 0.3 is 0 Å². The minimum Gasteiger partial charge on any atom is -0.372 e. The van der Waals surface area contributed by atoms with Crippen LogP contribution in [0.15, 0.2) is 40.2 Å². The highest BCUT2D eigenvalue weighted by molar-refractivity contribution is 5.93. The number of hydrogen-bond acceptors (Lipinski definition) is 4. The van der Waals surface area contributed by atoms with Gasteiger partial charge in [0.05, 0.1) is 6.21 Å². The third kappa shape index (κ3) is 3.96. The average Bonchev–Trinajstić information content (AvgIpc) is 2.56. The molecule has 1 aromatic heterocycles. The molecule has 0 aliphatic rings. The number of nitrogens with zero attached hydrogens (tertiary/aromatic N) is 3. The highest BCUT2D eigenvalue weighted by Crippen LogP contribution is 2.14. The van der Waals surface area contributed by atoms with Crippen LogP contribution in [0.4, 0.5) is 5.69 Å². The Morgan fingerprint density at radius 2 is 1.80 bits per heavy atom. The van der Waals surface area contributed by atoms with Crippen molar-refractivity contribution < 1.29 is 4.79 Å². The van der Waals surface area contributed by atoms with Gasteiger partial charge in [0.15, 0.2) is 0 Å². The Kier molecular flexibility index (Phi) is 5.75. The summed E-state index contributed by atoms with van der Waals surface area (Å²) in [4.78, 5) is 26.2. The van der Waals surface area contributed by atoms with Crippen LogP contribution in [0.1, 0.15) is 41.0 Å². The van der Waals surface area contributed by atoms with Gasteiger partial charge in [-0.15, -0.1) is 0 Å². The number of rotatable bonds is 6. The zero-order valence-corrected chi connectivity index (χ0v) is 15.1. The SMILES string of the molecule is CCN(CC)c1ccc(/C=N\n2c(C)cc(C)c(C(N)=O)c2=O)cc1. The van der Waals surface area contributed by atoms with Gasteiger partial charge in [0.1, 0.15) is 5.56 Å². The molecule has 0 atom stereocenters. The number of aromatic nitrogens is 1. The van der Waals surface area contributed by atoms with Gasteiger partial charge < -0.3 is 10.6 Å². The molecule has 0 radical (unpaired) electrons. The molecule has 6 nitrogen and oxygen atoms in total. The summed E-state index contributed by atoms with van der Waals surface area (Å²) >= 11 is 0. The second-order valence-corrected chi connectivity index (χ2v) is 5.83. The average molecular weight is 340 g/mol. The topological polar surface area (TPSA) is 80.7 Å². The number of amides is 1. The van der Waals surface area contributed by atoms with E-state index in [9.17, 15) is 9.59 Å². The Balaban J connectivity index is 2.35. The van der Waals surface area contributed by atoms with Crippen LogP contribution in [-0.2, 0) is 0 Å². The summed E-state index contributed by atoms with van der Waals surface area (Å²) in [5.41, 5.74) is 7.98. The van der Waals surface area contributed by atoms with Gasteiger partial charge in [-0.1, -0.05) is 12.1 Å². The van der Waals surface area contributed by atoms with E-state index in [1.54, 1.807) is 26.1 Å². The first-order valence-corrected chi connectivity index (χ1v) is 8.31. The van der Waals surface area contributed by atoms with Crippen molar-refractivity contribution in [1.29, 1.82) is 0 Å². The van der Waals surface area contributed by atoms with E-state index in [0.29, 0.717) is 11.3 Å². The molecule has 1 aromatic carbocycles. The molecular formula is C19H24N4O2. The van der Waals surface area contributed by atoms with Crippen LogP contribution in [0.5, 0.6) is 0 Å². The molecule has 0 unspecified atom stereocenters. The Bertz CT molecular complexity index is 847. The molecule has 0 saturated heterocycles. The van der Waals surface area contributed by atoms with Crippen LogP contribution in [0.25, 0.3) is 0 Å². The van der Waals surface area contributed by atoms with E-state index in [4.69, 9.17) is 5.73 Å². The molecule has 132 valence electrons. The van der Waals surface area contributed by atoms with Crippen LogP contribution in [0, 0.1) is 13.8 Å². The summed E-state index contributed by atoms with van der Waals surface area (Å²) in [6.45, 7) is 9.56. The van der Waals surface area contributed by atoms with Crippen molar-refractivity contribution in [3.63, 3.8) is 0 Å². The number of benzene rings is 1. The number of nitrogens with two attached hydrogens (primary N) is 1. The summed E-state index contributed by atoms with van der Waals surface area (Å²) < 4.78 is 1.20. The maximum absolute atomic E-state index is 12.4. The molecule has 2 N–H and O–H groups in total. The number of aryl methyl sites for hydroxylation is 2. The molecule has 25 heavy (non-hydrogen) atoms. The maximum Gasteiger partial charge on any atom is 0.284 e. The van der Waals surface area contributed by atoms with E-state index < -0.39 is 11.5 Å². The largest absolute Gasteiger partial charge is 0.372 e. The fraction of sp³-hybridized carbons (Fsp3) is 0.316. The van der Waals surface area contributed by atoms with Crippen molar-refractivity contribution in [3.05, 3.63) is 63.1 Å².